The van der Waals surface area contributed by atoms with Gasteiger partial charge in [-0.2, -0.15) is 0 Å². The first kappa shape index (κ1) is 11.5. The van der Waals surface area contributed by atoms with Crippen LogP contribution in [-0.4, -0.2) is 6.29 Å². The standard InChI is InChI=1S/C13H22O/c1-5-13(4)9-6-8-12(2,3)11(13)7-10-14/h5,10-11H,1,6-9H2,2-4H3/t11-,13-/m1/s1. The van der Waals surface area contributed by atoms with Crippen molar-refractivity contribution in [1.82, 2.24) is 0 Å². The van der Waals surface area contributed by atoms with Crippen LogP contribution < -0.4 is 0 Å². The fourth-order valence-corrected chi connectivity index (χ4v) is 3.09. The van der Waals surface area contributed by atoms with Crippen molar-refractivity contribution in [2.75, 3.05) is 0 Å². The largest absolute Gasteiger partial charge is 0.303 e. The molecule has 80 valence electrons. The van der Waals surface area contributed by atoms with Gasteiger partial charge in [-0.1, -0.05) is 33.3 Å². The van der Waals surface area contributed by atoms with E-state index in [1.165, 1.54) is 19.3 Å². The van der Waals surface area contributed by atoms with Crippen LogP contribution >= 0.6 is 0 Å². The zero-order chi connectivity index (χ0) is 10.8. The van der Waals surface area contributed by atoms with E-state index in [-0.39, 0.29) is 10.8 Å². The average Bonchev–Trinajstić information content (AvgIpc) is 2.11. The second-order valence-electron chi connectivity index (χ2n) is 5.51. The van der Waals surface area contributed by atoms with Crippen molar-refractivity contribution in [3.05, 3.63) is 12.7 Å². The topological polar surface area (TPSA) is 17.1 Å². The molecular formula is C13H22O. The summed E-state index contributed by atoms with van der Waals surface area (Å²) in [6, 6.07) is 0. The van der Waals surface area contributed by atoms with E-state index >= 15 is 0 Å². The van der Waals surface area contributed by atoms with E-state index in [1.54, 1.807) is 0 Å². The van der Waals surface area contributed by atoms with Gasteiger partial charge in [-0.15, -0.1) is 6.58 Å². The van der Waals surface area contributed by atoms with Gasteiger partial charge in [-0.05, 0) is 29.6 Å². The number of rotatable bonds is 3. The summed E-state index contributed by atoms with van der Waals surface area (Å²) >= 11 is 0. The molecule has 0 aromatic carbocycles. The second-order valence-corrected chi connectivity index (χ2v) is 5.51. The number of carbonyl (C=O) groups is 1. The monoisotopic (exact) mass is 194 g/mol. The van der Waals surface area contributed by atoms with Gasteiger partial charge in [0, 0.05) is 6.42 Å². The van der Waals surface area contributed by atoms with Crippen LogP contribution in [0.5, 0.6) is 0 Å². The van der Waals surface area contributed by atoms with Gasteiger partial charge in [-0.3, -0.25) is 0 Å². The van der Waals surface area contributed by atoms with Crippen LogP contribution in [0.2, 0.25) is 0 Å². The van der Waals surface area contributed by atoms with Crippen molar-refractivity contribution in [1.29, 1.82) is 0 Å². The van der Waals surface area contributed by atoms with E-state index in [1.807, 2.05) is 0 Å². The third-order valence-electron chi connectivity index (χ3n) is 4.07. The van der Waals surface area contributed by atoms with E-state index in [2.05, 4.69) is 33.4 Å². The zero-order valence-corrected chi connectivity index (χ0v) is 9.68. The lowest BCUT2D eigenvalue weighted by atomic mass is 9.56. The van der Waals surface area contributed by atoms with Gasteiger partial charge >= 0.3 is 0 Å². The minimum Gasteiger partial charge on any atom is -0.303 e. The number of hydrogen-bond donors (Lipinski definition) is 0. The first-order chi connectivity index (χ1) is 6.46. The quantitative estimate of drug-likeness (QED) is 0.495. The molecule has 0 saturated heterocycles. The second kappa shape index (κ2) is 3.88. The maximum atomic E-state index is 10.7. The van der Waals surface area contributed by atoms with Crippen LogP contribution in [0, 0.1) is 16.7 Å². The number of carbonyl (C=O) groups excluding carboxylic acids is 1. The first-order valence-electron chi connectivity index (χ1n) is 5.53. The minimum atomic E-state index is 0.155. The highest BCUT2D eigenvalue weighted by molar-refractivity contribution is 5.50. The molecule has 0 bridgehead atoms. The summed E-state index contributed by atoms with van der Waals surface area (Å²) in [6.07, 6.45) is 7.47. The third kappa shape index (κ3) is 1.92. The van der Waals surface area contributed by atoms with E-state index in [0.717, 1.165) is 6.29 Å². The molecule has 2 atom stereocenters. The Balaban J connectivity index is 2.95. The van der Waals surface area contributed by atoms with Gasteiger partial charge < -0.3 is 4.79 Å². The van der Waals surface area contributed by atoms with Crippen molar-refractivity contribution in [3.8, 4) is 0 Å². The summed E-state index contributed by atoms with van der Waals surface area (Å²) in [6.45, 7) is 10.7. The van der Waals surface area contributed by atoms with Crippen LogP contribution in [0.1, 0.15) is 46.5 Å². The molecular weight excluding hydrogens is 172 g/mol. The summed E-state index contributed by atoms with van der Waals surface area (Å²) in [5.41, 5.74) is 0.435. The molecule has 1 fully saturated rings. The Morgan fingerprint density at radius 3 is 2.50 bits per heavy atom. The van der Waals surface area contributed by atoms with Crippen LogP contribution in [0.4, 0.5) is 0 Å². The fraction of sp³-hybridized carbons (Fsp3) is 0.769. The maximum absolute atomic E-state index is 10.7. The Labute approximate surface area is 87.6 Å². The molecule has 0 aromatic rings. The summed E-state index contributed by atoms with van der Waals surface area (Å²) in [5.74, 6) is 0.457. The lowest BCUT2D eigenvalue weighted by Crippen LogP contribution is -2.41. The van der Waals surface area contributed by atoms with Crippen LogP contribution in [-0.2, 0) is 4.79 Å². The molecule has 1 saturated carbocycles. The number of allylic oxidation sites excluding steroid dienone is 1. The van der Waals surface area contributed by atoms with Gasteiger partial charge in [0.05, 0.1) is 0 Å². The van der Waals surface area contributed by atoms with Gasteiger partial charge in [0.25, 0.3) is 0 Å². The highest BCUT2D eigenvalue weighted by atomic mass is 16.1. The smallest absolute Gasteiger partial charge is 0.120 e. The molecule has 1 rings (SSSR count). The normalized spacial score (nSPS) is 36.4. The predicted octanol–water partition coefficient (Wildman–Crippen LogP) is 3.59. The van der Waals surface area contributed by atoms with Crippen molar-refractivity contribution in [2.45, 2.75) is 46.5 Å². The molecule has 0 amide bonds. The number of aldehydes is 1. The van der Waals surface area contributed by atoms with Crippen molar-refractivity contribution in [2.24, 2.45) is 16.7 Å². The molecule has 0 heterocycles. The molecule has 0 unspecified atom stereocenters. The molecule has 0 radical (unpaired) electrons. The van der Waals surface area contributed by atoms with E-state index < -0.39 is 0 Å². The van der Waals surface area contributed by atoms with Gasteiger partial charge in [0.1, 0.15) is 6.29 Å². The highest BCUT2D eigenvalue weighted by Gasteiger charge is 2.44. The molecule has 14 heavy (non-hydrogen) atoms. The molecule has 1 nitrogen and oxygen atoms in total. The molecule has 0 aliphatic heterocycles. The molecule has 0 N–H and O–H groups in total. The van der Waals surface area contributed by atoms with Crippen LogP contribution in [0.15, 0.2) is 12.7 Å². The summed E-state index contributed by atoms with van der Waals surface area (Å²) in [4.78, 5) is 10.7. The van der Waals surface area contributed by atoms with Crippen molar-refractivity contribution >= 4 is 6.29 Å². The molecule has 1 aliphatic carbocycles. The van der Waals surface area contributed by atoms with Crippen LogP contribution in [0.25, 0.3) is 0 Å². The molecule has 1 heteroatoms. The fourth-order valence-electron chi connectivity index (χ4n) is 3.09. The third-order valence-corrected chi connectivity index (χ3v) is 4.07. The Morgan fingerprint density at radius 2 is 2.00 bits per heavy atom. The lowest BCUT2D eigenvalue weighted by Gasteiger charge is -2.49. The summed E-state index contributed by atoms with van der Waals surface area (Å²) in [5, 5.41) is 0. The van der Waals surface area contributed by atoms with Crippen molar-refractivity contribution < 1.29 is 4.79 Å². The molecule has 0 aromatic heterocycles. The van der Waals surface area contributed by atoms with Gasteiger partial charge in [0.2, 0.25) is 0 Å². The Morgan fingerprint density at radius 1 is 1.36 bits per heavy atom. The maximum Gasteiger partial charge on any atom is 0.120 e. The minimum absolute atomic E-state index is 0.155. The zero-order valence-electron chi connectivity index (χ0n) is 9.68. The molecule has 0 spiro atoms. The van der Waals surface area contributed by atoms with Gasteiger partial charge in [-0.25, -0.2) is 0 Å². The SMILES string of the molecule is C=C[C@]1(C)CCCC(C)(C)[C@H]1CC=O. The first-order valence-corrected chi connectivity index (χ1v) is 5.53. The van der Waals surface area contributed by atoms with Crippen molar-refractivity contribution in [3.63, 3.8) is 0 Å². The Hall–Kier alpha value is -0.590. The summed E-state index contributed by atoms with van der Waals surface area (Å²) in [7, 11) is 0. The van der Waals surface area contributed by atoms with E-state index in [0.29, 0.717) is 12.3 Å². The van der Waals surface area contributed by atoms with E-state index in [4.69, 9.17) is 0 Å². The molecule has 1 aliphatic rings. The van der Waals surface area contributed by atoms with Crippen LogP contribution in [0.3, 0.4) is 0 Å². The average molecular weight is 194 g/mol. The lowest BCUT2D eigenvalue weighted by molar-refractivity contribution is -0.111. The highest BCUT2D eigenvalue weighted by Crippen LogP contribution is 2.52. The summed E-state index contributed by atoms with van der Waals surface area (Å²) < 4.78 is 0. The van der Waals surface area contributed by atoms with Gasteiger partial charge in [0.15, 0.2) is 0 Å². The number of hydrogen-bond acceptors (Lipinski definition) is 1. The Kier molecular flexibility index (Phi) is 3.18. The van der Waals surface area contributed by atoms with E-state index in [9.17, 15) is 4.79 Å². The Bertz CT molecular complexity index is 229. The predicted molar refractivity (Wildman–Crippen MR) is 60.1 cm³/mol.